The van der Waals surface area contributed by atoms with Crippen LogP contribution in [0.3, 0.4) is 0 Å². The SMILES string of the molecule is O=C(Cc1cccc2ccccc12)C1CC2CCCC(C1)S2(=O)=O. The Hall–Kier alpha value is -1.68. The largest absolute Gasteiger partial charge is 0.299 e. The Kier molecular flexibility index (Phi) is 3.95. The predicted octanol–water partition coefficient (Wildman–Crippen LogP) is 3.70. The molecule has 0 radical (unpaired) electrons. The second kappa shape index (κ2) is 5.99. The minimum atomic E-state index is -2.99. The summed E-state index contributed by atoms with van der Waals surface area (Å²) in [5.41, 5.74) is 1.05. The fraction of sp³-hybridized carbons (Fsp3) is 0.450. The number of Topliss-reactive ketones (excluding diaryl/α,β-unsaturated/α-hetero) is 1. The molecule has 2 saturated heterocycles. The van der Waals surface area contributed by atoms with Gasteiger partial charge in [-0.1, -0.05) is 48.9 Å². The highest BCUT2D eigenvalue weighted by atomic mass is 32.2. The standard InChI is InChI=1S/C20H22O3S/c21-20(13-15-7-3-6-14-5-1-2-10-19(14)15)16-11-17-8-4-9-18(12-16)24(17,22)23/h1-3,5-7,10,16-18H,4,8-9,11-13H2. The van der Waals surface area contributed by atoms with Crippen molar-refractivity contribution in [2.45, 2.75) is 49.0 Å². The summed E-state index contributed by atoms with van der Waals surface area (Å²) in [6.07, 6.45) is 3.92. The summed E-state index contributed by atoms with van der Waals surface area (Å²) in [6.45, 7) is 0. The molecule has 2 aliphatic heterocycles. The van der Waals surface area contributed by atoms with E-state index in [0.717, 1.165) is 35.6 Å². The summed E-state index contributed by atoms with van der Waals surface area (Å²) in [5.74, 6) is 0.112. The smallest absolute Gasteiger partial charge is 0.156 e. The summed E-state index contributed by atoms with van der Waals surface area (Å²) >= 11 is 0. The lowest BCUT2D eigenvalue weighted by Crippen LogP contribution is -2.45. The lowest BCUT2D eigenvalue weighted by molar-refractivity contribution is -0.122. The number of hydrogen-bond donors (Lipinski definition) is 0. The zero-order valence-electron chi connectivity index (χ0n) is 13.6. The van der Waals surface area contributed by atoms with Crippen LogP contribution >= 0.6 is 0 Å². The van der Waals surface area contributed by atoms with E-state index in [0.29, 0.717) is 19.3 Å². The van der Waals surface area contributed by atoms with Gasteiger partial charge in [0.25, 0.3) is 0 Å². The van der Waals surface area contributed by atoms with Gasteiger partial charge in [0.2, 0.25) is 0 Å². The van der Waals surface area contributed by atoms with Crippen molar-refractivity contribution in [3.05, 3.63) is 48.0 Å². The summed E-state index contributed by atoms with van der Waals surface area (Å²) in [4.78, 5) is 12.9. The van der Waals surface area contributed by atoms with E-state index >= 15 is 0 Å². The summed E-state index contributed by atoms with van der Waals surface area (Å²) < 4.78 is 24.8. The van der Waals surface area contributed by atoms with Gasteiger partial charge in [0.1, 0.15) is 5.78 Å². The third kappa shape index (κ3) is 2.67. The third-order valence-corrected chi connectivity index (χ3v) is 8.49. The van der Waals surface area contributed by atoms with Gasteiger partial charge in [0.05, 0.1) is 10.5 Å². The average molecular weight is 342 g/mol. The minimum Gasteiger partial charge on any atom is -0.299 e. The van der Waals surface area contributed by atoms with E-state index in [1.807, 2.05) is 24.3 Å². The van der Waals surface area contributed by atoms with Gasteiger partial charge in [0.15, 0.2) is 9.84 Å². The van der Waals surface area contributed by atoms with Crippen LogP contribution in [0.4, 0.5) is 0 Å². The Balaban J connectivity index is 1.57. The highest BCUT2D eigenvalue weighted by molar-refractivity contribution is 7.92. The van der Waals surface area contributed by atoms with E-state index in [1.54, 1.807) is 0 Å². The number of rotatable bonds is 3. The highest BCUT2D eigenvalue weighted by Gasteiger charge is 2.45. The molecule has 2 aromatic rings. The topological polar surface area (TPSA) is 51.2 Å². The van der Waals surface area contributed by atoms with E-state index in [4.69, 9.17) is 0 Å². The summed E-state index contributed by atoms with van der Waals surface area (Å²) in [6, 6.07) is 14.2. The summed E-state index contributed by atoms with van der Waals surface area (Å²) in [7, 11) is -2.99. The fourth-order valence-corrected chi connectivity index (χ4v) is 6.99. The first-order chi connectivity index (χ1) is 11.6. The van der Waals surface area contributed by atoms with Gasteiger partial charge in [-0.05, 0) is 42.0 Å². The molecule has 4 heteroatoms. The molecule has 0 spiro atoms. The van der Waals surface area contributed by atoms with Crippen LogP contribution in [-0.2, 0) is 21.1 Å². The van der Waals surface area contributed by atoms with E-state index in [1.165, 1.54) is 0 Å². The van der Waals surface area contributed by atoms with Crippen LogP contribution in [0.1, 0.15) is 37.7 Å². The maximum absolute atomic E-state index is 12.9. The van der Waals surface area contributed by atoms with Crippen LogP contribution < -0.4 is 0 Å². The molecule has 0 aromatic heterocycles. The van der Waals surface area contributed by atoms with Crippen molar-refractivity contribution >= 4 is 26.4 Å². The molecule has 24 heavy (non-hydrogen) atoms. The molecule has 2 atom stereocenters. The fourth-order valence-electron chi connectivity index (χ4n) is 4.45. The number of carbonyl (C=O) groups excluding carboxylic acids is 1. The Morgan fingerprint density at radius 1 is 0.958 bits per heavy atom. The molecular weight excluding hydrogens is 320 g/mol. The quantitative estimate of drug-likeness (QED) is 0.855. The average Bonchev–Trinajstić information content (AvgIpc) is 2.54. The lowest BCUT2D eigenvalue weighted by atomic mass is 9.84. The molecule has 0 amide bonds. The molecule has 2 fully saturated rings. The van der Waals surface area contributed by atoms with Crippen molar-refractivity contribution in [2.75, 3.05) is 0 Å². The molecule has 2 aliphatic rings. The molecule has 0 saturated carbocycles. The van der Waals surface area contributed by atoms with Gasteiger partial charge in [-0.25, -0.2) is 8.42 Å². The Labute approximate surface area is 143 Å². The first kappa shape index (κ1) is 15.8. The van der Waals surface area contributed by atoms with Crippen LogP contribution in [0.5, 0.6) is 0 Å². The molecule has 4 rings (SSSR count). The second-order valence-corrected chi connectivity index (χ2v) is 9.73. The normalized spacial score (nSPS) is 28.6. The third-order valence-electron chi connectivity index (χ3n) is 5.78. The van der Waals surface area contributed by atoms with Gasteiger partial charge in [-0.2, -0.15) is 0 Å². The Bertz CT molecular complexity index is 859. The minimum absolute atomic E-state index is 0.0946. The zero-order valence-corrected chi connectivity index (χ0v) is 14.5. The number of fused-ring (bicyclic) bond motifs is 3. The molecule has 2 unspecified atom stereocenters. The van der Waals surface area contributed by atoms with Gasteiger partial charge in [0, 0.05) is 12.3 Å². The predicted molar refractivity (Wildman–Crippen MR) is 95.7 cm³/mol. The molecule has 2 heterocycles. The number of hydrogen-bond acceptors (Lipinski definition) is 3. The maximum atomic E-state index is 12.9. The van der Waals surface area contributed by atoms with Crippen molar-refractivity contribution in [3.63, 3.8) is 0 Å². The van der Waals surface area contributed by atoms with Gasteiger partial charge in [-0.15, -0.1) is 0 Å². The van der Waals surface area contributed by atoms with E-state index in [-0.39, 0.29) is 22.2 Å². The zero-order chi connectivity index (χ0) is 16.7. The highest BCUT2D eigenvalue weighted by Crippen LogP contribution is 2.40. The van der Waals surface area contributed by atoms with Gasteiger partial charge in [-0.3, -0.25) is 4.79 Å². The van der Waals surface area contributed by atoms with Crippen LogP contribution in [0, 0.1) is 5.92 Å². The van der Waals surface area contributed by atoms with Crippen molar-refractivity contribution in [1.82, 2.24) is 0 Å². The van der Waals surface area contributed by atoms with Crippen molar-refractivity contribution in [1.29, 1.82) is 0 Å². The van der Waals surface area contributed by atoms with Crippen LogP contribution in [0.15, 0.2) is 42.5 Å². The van der Waals surface area contributed by atoms with Crippen molar-refractivity contribution < 1.29 is 13.2 Å². The van der Waals surface area contributed by atoms with Gasteiger partial charge < -0.3 is 0 Å². The second-order valence-electron chi connectivity index (χ2n) is 7.21. The van der Waals surface area contributed by atoms with Crippen molar-refractivity contribution in [3.8, 4) is 0 Å². The van der Waals surface area contributed by atoms with Crippen LogP contribution in [-0.4, -0.2) is 24.7 Å². The molecule has 3 nitrogen and oxygen atoms in total. The van der Waals surface area contributed by atoms with Crippen molar-refractivity contribution in [2.24, 2.45) is 5.92 Å². The van der Waals surface area contributed by atoms with Gasteiger partial charge >= 0.3 is 0 Å². The Morgan fingerprint density at radius 3 is 2.38 bits per heavy atom. The first-order valence-electron chi connectivity index (χ1n) is 8.78. The molecule has 126 valence electrons. The number of sulfone groups is 1. The molecule has 0 N–H and O–H groups in total. The monoisotopic (exact) mass is 342 g/mol. The molecule has 0 aliphatic carbocycles. The van der Waals surface area contributed by atoms with Crippen LogP contribution in [0.25, 0.3) is 10.8 Å². The molecule has 2 bridgehead atoms. The Morgan fingerprint density at radius 2 is 1.62 bits per heavy atom. The van der Waals surface area contributed by atoms with E-state index < -0.39 is 9.84 Å². The lowest BCUT2D eigenvalue weighted by Gasteiger charge is -2.38. The molecule has 2 aromatic carbocycles. The van der Waals surface area contributed by atoms with Crippen LogP contribution in [0.2, 0.25) is 0 Å². The van der Waals surface area contributed by atoms with E-state index in [2.05, 4.69) is 18.2 Å². The maximum Gasteiger partial charge on any atom is 0.156 e. The number of ketones is 1. The summed E-state index contributed by atoms with van der Waals surface area (Å²) in [5, 5.41) is 1.70. The molecular formula is C20H22O3S. The van der Waals surface area contributed by atoms with E-state index in [9.17, 15) is 13.2 Å². The number of carbonyl (C=O) groups is 1. The number of benzene rings is 2. The first-order valence-corrected chi connectivity index (χ1v) is 10.4.